The van der Waals surface area contributed by atoms with Gasteiger partial charge in [-0.3, -0.25) is 4.79 Å². The number of amides is 1. The molecule has 0 saturated carbocycles. The third-order valence-electron chi connectivity index (χ3n) is 5.49. The van der Waals surface area contributed by atoms with E-state index in [0.717, 1.165) is 31.7 Å². The Bertz CT molecular complexity index is 759. The molecule has 0 N–H and O–H groups in total. The van der Waals surface area contributed by atoms with Crippen LogP contribution in [0.25, 0.3) is 0 Å². The Morgan fingerprint density at radius 3 is 2.69 bits per heavy atom. The molecule has 0 bridgehead atoms. The van der Waals surface area contributed by atoms with Gasteiger partial charge in [-0.05, 0) is 30.0 Å². The summed E-state index contributed by atoms with van der Waals surface area (Å²) in [6.07, 6.45) is 5.54. The normalized spacial score (nSPS) is 20.5. The molecule has 1 atom stereocenters. The van der Waals surface area contributed by atoms with Gasteiger partial charge in [-0.25, -0.2) is 9.97 Å². The van der Waals surface area contributed by atoms with Crippen molar-refractivity contribution in [2.45, 2.75) is 38.0 Å². The Hall–Kier alpha value is -2.47. The van der Waals surface area contributed by atoms with E-state index < -0.39 is 0 Å². The third kappa shape index (κ3) is 3.42. The number of aromatic nitrogens is 2. The molecule has 26 heavy (non-hydrogen) atoms. The van der Waals surface area contributed by atoms with Gasteiger partial charge in [-0.15, -0.1) is 0 Å². The van der Waals surface area contributed by atoms with Gasteiger partial charge in [0.2, 0.25) is 0 Å². The molecular weight excluding hydrogens is 328 g/mol. The highest BCUT2D eigenvalue weighted by molar-refractivity contribution is 5.81. The summed E-state index contributed by atoms with van der Waals surface area (Å²) >= 11 is 0. The molecule has 1 amide bonds. The maximum atomic E-state index is 12.9. The van der Waals surface area contributed by atoms with Gasteiger partial charge in [0.15, 0.2) is 0 Å². The lowest BCUT2D eigenvalue weighted by Crippen LogP contribution is -2.50. The van der Waals surface area contributed by atoms with Gasteiger partial charge in [0, 0.05) is 38.8 Å². The first kappa shape index (κ1) is 17.0. The fraction of sp³-hybridized carbons (Fsp3) is 0.450. The second kappa shape index (κ2) is 7.41. The zero-order valence-corrected chi connectivity index (χ0v) is 15.0. The molecule has 2 aliphatic rings. The SMILES string of the molecule is CN(c1ccncn1)C1CCN(C(=O)C2Cc3ccccc3CO2)CC1. The molecule has 6 nitrogen and oxygen atoms in total. The predicted octanol–water partition coefficient (Wildman–Crippen LogP) is 2.05. The van der Waals surface area contributed by atoms with E-state index in [1.807, 2.05) is 23.1 Å². The molecule has 2 aliphatic heterocycles. The zero-order valence-electron chi connectivity index (χ0n) is 15.0. The number of carbonyl (C=O) groups is 1. The van der Waals surface area contributed by atoms with Gasteiger partial charge in [0.1, 0.15) is 18.2 Å². The van der Waals surface area contributed by atoms with E-state index >= 15 is 0 Å². The molecule has 1 aromatic carbocycles. The van der Waals surface area contributed by atoms with Crippen LogP contribution >= 0.6 is 0 Å². The number of piperidine rings is 1. The number of carbonyl (C=O) groups excluding carboxylic acids is 1. The van der Waals surface area contributed by atoms with E-state index in [1.165, 1.54) is 11.1 Å². The molecular formula is C20H24N4O2. The molecule has 4 rings (SSSR count). The van der Waals surface area contributed by atoms with E-state index in [4.69, 9.17) is 4.74 Å². The fourth-order valence-corrected chi connectivity index (χ4v) is 3.86. The molecule has 1 unspecified atom stereocenters. The summed E-state index contributed by atoms with van der Waals surface area (Å²) in [5.74, 6) is 1.06. The highest BCUT2D eigenvalue weighted by atomic mass is 16.5. The van der Waals surface area contributed by atoms with Crippen molar-refractivity contribution >= 4 is 11.7 Å². The largest absolute Gasteiger partial charge is 0.363 e. The molecule has 136 valence electrons. The van der Waals surface area contributed by atoms with Crippen molar-refractivity contribution in [3.05, 3.63) is 54.0 Å². The van der Waals surface area contributed by atoms with Gasteiger partial charge >= 0.3 is 0 Å². The van der Waals surface area contributed by atoms with Crippen LogP contribution in [0.5, 0.6) is 0 Å². The van der Waals surface area contributed by atoms with E-state index in [1.54, 1.807) is 12.5 Å². The topological polar surface area (TPSA) is 58.6 Å². The summed E-state index contributed by atoms with van der Waals surface area (Å²) in [6.45, 7) is 2.06. The Kier molecular flexibility index (Phi) is 4.84. The monoisotopic (exact) mass is 352 g/mol. The van der Waals surface area contributed by atoms with Crippen LogP contribution in [0.4, 0.5) is 5.82 Å². The predicted molar refractivity (Wildman–Crippen MR) is 98.8 cm³/mol. The lowest BCUT2D eigenvalue weighted by molar-refractivity contribution is -0.146. The van der Waals surface area contributed by atoms with Crippen molar-refractivity contribution in [3.63, 3.8) is 0 Å². The third-order valence-corrected chi connectivity index (χ3v) is 5.49. The van der Waals surface area contributed by atoms with Gasteiger partial charge in [-0.2, -0.15) is 0 Å². The number of fused-ring (bicyclic) bond motifs is 1. The summed E-state index contributed by atoms with van der Waals surface area (Å²) in [6, 6.07) is 10.5. The number of anilines is 1. The highest BCUT2D eigenvalue weighted by Crippen LogP contribution is 2.24. The number of rotatable bonds is 3. The number of nitrogens with zero attached hydrogens (tertiary/aromatic N) is 4. The number of benzene rings is 1. The maximum absolute atomic E-state index is 12.9. The number of hydrogen-bond acceptors (Lipinski definition) is 5. The standard InChI is InChI=1S/C20H24N4O2/c1-23(19-6-9-21-14-22-19)17-7-10-24(11-8-17)20(25)18-12-15-4-2-3-5-16(15)13-26-18/h2-6,9,14,17-18H,7-8,10-13H2,1H3. The molecule has 1 saturated heterocycles. The molecule has 1 fully saturated rings. The molecule has 1 aromatic heterocycles. The van der Waals surface area contributed by atoms with Crippen molar-refractivity contribution in [2.24, 2.45) is 0 Å². The van der Waals surface area contributed by atoms with Crippen molar-refractivity contribution in [1.29, 1.82) is 0 Å². The summed E-state index contributed by atoms with van der Waals surface area (Å²) in [5.41, 5.74) is 2.43. The van der Waals surface area contributed by atoms with Crippen LogP contribution in [-0.2, 0) is 22.6 Å². The minimum atomic E-state index is -0.346. The number of hydrogen-bond donors (Lipinski definition) is 0. The molecule has 6 heteroatoms. The van der Waals surface area contributed by atoms with E-state index in [9.17, 15) is 4.79 Å². The highest BCUT2D eigenvalue weighted by Gasteiger charge is 2.32. The number of likely N-dealkylation sites (tertiary alicyclic amines) is 1. The average Bonchev–Trinajstić information content (AvgIpc) is 2.73. The van der Waals surface area contributed by atoms with Gasteiger partial charge in [0.25, 0.3) is 5.91 Å². The maximum Gasteiger partial charge on any atom is 0.252 e. The van der Waals surface area contributed by atoms with Gasteiger partial charge < -0.3 is 14.5 Å². The lowest BCUT2D eigenvalue weighted by atomic mass is 9.97. The van der Waals surface area contributed by atoms with Crippen LogP contribution in [0, 0.1) is 0 Å². The van der Waals surface area contributed by atoms with Crippen LogP contribution < -0.4 is 4.90 Å². The number of ether oxygens (including phenoxy) is 1. The van der Waals surface area contributed by atoms with Crippen LogP contribution in [-0.4, -0.2) is 53.1 Å². The zero-order chi connectivity index (χ0) is 17.9. The summed E-state index contributed by atoms with van der Waals surface area (Å²) < 4.78 is 5.84. The minimum Gasteiger partial charge on any atom is -0.363 e. The first-order valence-electron chi connectivity index (χ1n) is 9.18. The molecule has 0 spiro atoms. The quantitative estimate of drug-likeness (QED) is 0.846. The Morgan fingerprint density at radius 2 is 1.96 bits per heavy atom. The van der Waals surface area contributed by atoms with Crippen molar-refractivity contribution in [1.82, 2.24) is 14.9 Å². The summed E-state index contributed by atoms with van der Waals surface area (Å²) in [4.78, 5) is 25.3. The van der Waals surface area contributed by atoms with Crippen molar-refractivity contribution in [3.8, 4) is 0 Å². The van der Waals surface area contributed by atoms with Gasteiger partial charge in [0.05, 0.1) is 6.61 Å². The first-order chi connectivity index (χ1) is 12.7. The second-order valence-corrected chi connectivity index (χ2v) is 7.01. The summed E-state index contributed by atoms with van der Waals surface area (Å²) in [7, 11) is 2.06. The molecule has 0 radical (unpaired) electrons. The van der Waals surface area contributed by atoms with Crippen LogP contribution in [0.15, 0.2) is 42.9 Å². The van der Waals surface area contributed by atoms with Crippen LogP contribution in [0.1, 0.15) is 24.0 Å². The smallest absolute Gasteiger partial charge is 0.252 e. The van der Waals surface area contributed by atoms with Crippen LogP contribution in [0.2, 0.25) is 0 Å². The van der Waals surface area contributed by atoms with E-state index in [2.05, 4.69) is 34.0 Å². The summed E-state index contributed by atoms with van der Waals surface area (Å²) in [5, 5.41) is 0. The Balaban J connectivity index is 1.34. The average molecular weight is 352 g/mol. The van der Waals surface area contributed by atoms with Crippen molar-refractivity contribution < 1.29 is 9.53 Å². The van der Waals surface area contributed by atoms with Gasteiger partial charge in [-0.1, -0.05) is 24.3 Å². The Labute approximate surface area is 153 Å². The first-order valence-corrected chi connectivity index (χ1v) is 9.18. The molecule has 0 aliphatic carbocycles. The minimum absolute atomic E-state index is 0.127. The fourth-order valence-electron chi connectivity index (χ4n) is 3.86. The van der Waals surface area contributed by atoms with Crippen LogP contribution in [0.3, 0.4) is 0 Å². The molecule has 3 heterocycles. The lowest BCUT2D eigenvalue weighted by Gasteiger charge is -2.38. The van der Waals surface area contributed by atoms with E-state index in [0.29, 0.717) is 19.1 Å². The Morgan fingerprint density at radius 1 is 1.19 bits per heavy atom. The van der Waals surface area contributed by atoms with E-state index in [-0.39, 0.29) is 12.0 Å². The van der Waals surface area contributed by atoms with Crippen molar-refractivity contribution in [2.75, 3.05) is 25.0 Å². The second-order valence-electron chi connectivity index (χ2n) is 7.01. The molecule has 2 aromatic rings.